The molecule has 0 amide bonds. The van der Waals surface area contributed by atoms with Gasteiger partial charge in [-0.25, -0.2) is 0 Å². The highest BCUT2D eigenvalue weighted by molar-refractivity contribution is 9.10. The van der Waals surface area contributed by atoms with Crippen LogP contribution in [-0.2, 0) is 20.8 Å². The van der Waals surface area contributed by atoms with Crippen LogP contribution in [0.1, 0.15) is 31.2 Å². The van der Waals surface area contributed by atoms with E-state index in [9.17, 15) is 0 Å². The van der Waals surface area contributed by atoms with Crippen molar-refractivity contribution in [3.8, 4) is 5.75 Å². The molecule has 0 bridgehead atoms. The molecule has 0 unspecified atom stereocenters. The van der Waals surface area contributed by atoms with Crippen molar-refractivity contribution in [2.24, 2.45) is 0 Å². The summed E-state index contributed by atoms with van der Waals surface area (Å²) in [5.74, 6) is 0.545. The van der Waals surface area contributed by atoms with E-state index in [0.717, 1.165) is 54.7 Å². The molecule has 0 radical (unpaired) electrons. The molecule has 2 aliphatic rings. The van der Waals surface area contributed by atoms with E-state index in [-0.39, 0.29) is 11.9 Å². The number of ether oxygens (including phenoxy) is 4. The summed E-state index contributed by atoms with van der Waals surface area (Å²) in [6.07, 6.45) is 4.11. The Morgan fingerprint density at radius 3 is 2.62 bits per heavy atom. The minimum absolute atomic E-state index is 0.279. The predicted octanol–water partition coefficient (Wildman–Crippen LogP) is 3.66. The highest BCUT2D eigenvalue weighted by atomic mass is 79.9. The van der Waals surface area contributed by atoms with Crippen LogP contribution in [-0.4, -0.2) is 32.2 Å². The molecule has 1 aromatic carbocycles. The maximum atomic E-state index is 6.06. The first-order valence-electron chi connectivity index (χ1n) is 7.43. The Hall–Kier alpha value is -0.620. The van der Waals surface area contributed by atoms with E-state index < -0.39 is 0 Å². The molecule has 1 aliphatic heterocycles. The SMILES string of the molecule is COc1ccc(Br)c(COC2CCC3(CC2)OCCO3)c1. The molecule has 1 heterocycles. The molecule has 0 aromatic heterocycles. The standard InChI is InChI=1S/C16H21BrO4/c1-18-14-2-3-15(17)12(10-14)11-19-13-4-6-16(7-5-13)20-8-9-21-16/h2-3,10,13H,4-9,11H2,1H3. The van der Waals surface area contributed by atoms with Gasteiger partial charge in [-0.2, -0.15) is 0 Å². The number of halogens is 1. The van der Waals surface area contributed by atoms with Crippen LogP contribution in [0.15, 0.2) is 22.7 Å². The van der Waals surface area contributed by atoms with Crippen LogP contribution in [0.25, 0.3) is 0 Å². The van der Waals surface area contributed by atoms with Crippen molar-refractivity contribution in [2.45, 2.75) is 44.2 Å². The van der Waals surface area contributed by atoms with Crippen LogP contribution in [0, 0.1) is 0 Å². The Bertz CT molecular complexity index is 475. The number of benzene rings is 1. The monoisotopic (exact) mass is 356 g/mol. The van der Waals surface area contributed by atoms with Gasteiger partial charge in [-0.1, -0.05) is 15.9 Å². The molecule has 1 saturated carbocycles. The molecular weight excluding hydrogens is 336 g/mol. The Balaban J connectivity index is 1.52. The first-order valence-corrected chi connectivity index (χ1v) is 8.22. The summed E-state index contributed by atoms with van der Waals surface area (Å²) in [4.78, 5) is 0. The highest BCUT2D eigenvalue weighted by Gasteiger charge is 2.40. The number of rotatable bonds is 4. The van der Waals surface area contributed by atoms with Crippen molar-refractivity contribution >= 4 is 15.9 Å². The summed E-state index contributed by atoms with van der Waals surface area (Å²) in [6, 6.07) is 5.94. The molecule has 1 spiro atoms. The van der Waals surface area contributed by atoms with Gasteiger partial charge in [0.2, 0.25) is 0 Å². The van der Waals surface area contributed by atoms with Crippen molar-refractivity contribution < 1.29 is 18.9 Å². The number of methoxy groups -OCH3 is 1. The van der Waals surface area contributed by atoms with Crippen molar-refractivity contribution in [3.05, 3.63) is 28.2 Å². The van der Waals surface area contributed by atoms with E-state index in [1.54, 1.807) is 7.11 Å². The molecule has 0 N–H and O–H groups in total. The molecule has 0 atom stereocenters. The third-order valence-corrected chi connectivity index (χ3v) is 5.01. The van der Waals surface area contributed by atoms with Crippen LogP contribution in [0.5, 0.6) is 5.75 Å². The lowest BCUT2D eigenvalue weighted by Gasteiger charge is -2.35. The van der Waals surface area contributed by atoms with Gasteiger partial charge in [0.1, 0.15) is 5.75 Å². The number of hydrogen-bond acceptors (Lipinski definition) is 4. The zero-order valence-electron chi connectivity index (χ0n) is 12.3. The fourth-order valence-corrected chi connectivity index (χ4v) is 3.34. The van der Waals surface area contributed by atoms with Gasteiger partial charge in [0.05, 0.1) is 33.0 Å². The quantitative estimate of drug-likeness (QED) is 0.824. The third-order valence-electron chi connectivity index (χ3n) is 4.24. The fourth-order valence-electron chi connectivity index (χ4n) is 2.98. The number of hydrogen-bond donors (Lipinski definition) is 0. The summed E-state index contributed by atoms with van der Waals surface area (Å²) < 4.78 is 23.8. The van der Waals surface area contributed by atoms with Gasteiger partial charge in [-0.3, -0.25) is 0 Å². The molecule has 1 aliphatic carbocycles. The topological polar surface area (TPSA) is 36.9 Å². The molecule has 5 heteroatoms. The van der Waals surface area contributed by atoms with Gasteiger partial charge in [-0.05, 0) is 36.6 Å². The van der Waals surface area contributed by atoms with Gasteiger partial charge in [-0.15, -0.1) is 0 Å². The van der Waals surface area contributed by atoms with Crippen molar-refractivity contribution in [1.29, 1.82) is 0 Å². The van der Waals surface area contributed by atoms with E-state index in [1.165, 1.54) is 0 Å². The Morgan fingerprint density at radius 2 is 1.95 bits per heavy atom. The van der Waals surface area contributed by atoms with Gasteiger partial charge in [0, 0.05) is 17.3 Å². The molecule has 1 saturated heterocycles. The second kappa shape index (κ2) is 6.65. The van der Waals surface area contributed by atoms with E-state index in [2.05, 4.69) is 15.9 Å². The minimum Gasteiger partial charge on any atom is -0.497 e. The Labute approximate surface area is 133 Å². The first kappa shape index (κ1) is 15.3. The third kappa shape index (κ3) is 3.59. The molecule has 3 rings (SSSR count). The summed E-state index contributed by atoms with van der Waals surface area (Å²) in [6.45, 7) is 2.04. The maximum absolute atomic E-state index is 6.06. The van der Waals surface area contributed by atoms with E-state index >= 15 is 0 Å². The lowest BCUT2D eigenvalue weighted by Crippen LogP contribution is -2.37. The smallest absolute Gasteiger partial charge is 0.168 e. The van der Waals surface area contributed by atoms with Gasteiger partial charge >= 0.3 is 0 Å². The molecule has 21 heavy (non-hydrogen) atoms. The van der Waals surface area contributed by atoms with Crippen LogP contribution >= 0.6 is 15.9 Å². The lowest BCUT2D eigenvalue weighted by molar-refractivity contribution is -0.192. The Kier molecular flexibility index (Phi) is 4.84. The second-order valence-electron chi connectivity index (χ2n) is 5.58. The molecule has 4 nitrogen and oxygen atoms in total. The zero-order chi connectivity index (χ0) is 14.7. The van der Waals surface area contributed by atoms with Gasteiger partial charge < -0.3 is 18.9 Å². The van der Waals surface area contributed by atoms with Crippen LogP contribution in [0.3, 0.4) is 0 Å². The highest BCUT2D eigenvalue weighted by Crippen LogP contribution is 2.37. The fraction of sp³-hybridized carbons (Fsp3) is 0.625. The Morgan fingerprint density at radius 1 is 1.24 bits per heavy atom. The lowest BCUT2D eigenvalue weighted by atomic mass is 9.92. The zero-order valence-corrected chi connectivity index (χ0v) is 13.9. The van der Waals surface area contributed by atoms with Crippen LogP contribution in [0.2, 0.25) is 0 Å². The summed E-state index contributed by atoms with van der Waals surface area (Å²) in [5, 5.41) is 0. The first-order chi connectivity index (χ1) is 10.2. The van der Waals surface area contributed by atoms with Crippen molar-refractivity contribution in [1.82, 2.24) is 0 Å². The average molecular weight is 357 g/mol. The minimum atomic E-state index is -0.309. The van der Waals surface area contributed by atoms with E-state index in [4.69, 9.17) is 18.9 Å². The molecule has 1 aromatic rings. The normalized spacial score (nSPS) is 21.8. The van der Waals surface area contributed by atoms with E-state index in [1.807, 2.05) is 18.2 Å². The van der Waals surface area contributed by atoms with E-state index in [0.29, 0.717) is 6.61 Å². The van der Waals surface area contributed by atoms with Crippen LogP contribution < -0.4 is 4.74 Å². The summed E-state index contributed by atoms with van der Waals surface area (Å²) in [5.41, 5.74) is 1.11. The molecule has 116 valence electrons. The second-order valence-corrected chi connectivity index (χ2v) is 6.43. The summed E-state index contributed by atoms with van der Waals surface area (Å²) in [7, 11) is 1.68. The molecular formula is C16H21BrO4. The van der Waals surface area contributed by atoms with Gasteiger partial charge in [0.25, 0.3) is 0 Å². The average Bonchev–Trinajstić information content (AvgIpc) is 2.96. The predicted molar refractivity (Wildman–Crippen MR) is 82.4 cm³/mol. The molecule has 2 fully saturated rings. The van der Waals surface area contributed by atoms with Gasteiger partial charge in [0.15, 0.2) is 5.79 Å². The van der Waals surface area contributed by atoms with Crippen LogP contribution in [0.4, 0.5) is 0 Å². The maximum Gasteiger partial charge on any atom is 0.168 e. The van der Waals surface area contributed by atoms with Crippen molar-refractivity contribution in [3.63, 3.8) is 0 Å². The van der Waals surface area contributed by atoms with Crippen molar-refractivity contribution in [2.75, 3.05) is 20.3 Å². The largest absolute Gasteiger partial charge is 0.497 e. The summed E-state index contributed by atoms with van der Waals surface area (Å²) >= 11 is 3.56.